The number of fused-ring (bicyclic) bond motifs is 2. The van der Waals surface area contributed by atoms with Gasteiger partial charge in [0.25, 0.3) is 6.71 Å². The largest absolute Gasteiger partial charge is 0.382 e. The quantitative estimate of drug-likeness (QED) is 0.547. The summed E-state index contributed by atoms with van der Waals surface area (Å²) in [7, 11) is 0. The van der Waals surface area contributed by atoms with Crippen molar-refractivity contribution in [2.24, 2.45) is 0 Å². The Morgan fingerprint density at radius 1 is 1.14 bits per heavy atom. The predicted octanol–water partition coefficient (Wildman–Crippen LogP) is 2.63. The molecule has 0 aliphatic carbocycles. The highest BCUT2D eigenvalue weighted by molar-refractivity contribution is 6.66. The number of halogens is 1. The van der Waals surface area contributed by atoms with E-state index in [1.54, 1.807) is 22.8 Å². The van der Waals surface area contributed by atoms with Gasteiger partial charge in [0.1, 0.15) is 17.3 Å². The molecule has 0 atom stereocenters. The van der Waals surface area contributed by atoms with Crippen LogP contribution in [0, 0.1) is 17.0 Å². The first kappa shape index (κ1) is 16.5. The molecule has 28 heavy (non-hydrogen) atoms. The van der Waals surface area contributed by atoms with E-state index in [0.717, 1.165) is 28.8 Å². The number of nitrogens with zero attached hydrogens (tertiary/aromatic N) is 6. The maximum absolute atomic E-state index is 13.4. The van der Waals surface area contributed by atoms with Gasteiger partial charge in [-0.25, -0.2) is 19.2 Å². The van der Waals surface area contributed by atoms with Crippen molar-refractivity contribution in [2.75, 3.05) is 5.73 Å². The molecular weight excluding hydrogens is 356 g/mol. The molecule has 1 aliphatic heterocycles. The molecule has 5 rings (SSSR count). The van der Waals surface area contributed by atoms with Crippen LogP contribution in [0.5, 0.6) is 0 Å². The smallest absolute Gasteiger partial charge is 0.275 e. The molecule has 0 spiro atoms. The van der Waals surface area contributed by atoms with Crippen molar-refractivity contribution >= 4 is 18.2 Å². The van der Waals surface area contributed by atoms with Crippen molar-refractivity contribution in [1.82, 2.24) is 24.4 Å². The van der Waals surface area contributed by atoms with Crippen LogP contribution >= 0.6 is 0 Å². The van der Waals surface area contributed by atoms with Gasteiger partial charge in [-0.3, -0.25) is 4.68 Å². The number of hydrogen-bond acceptors (Lipinski definition) is 5. The highest BCUT2D eigenvalue weighted by atomic mass is 19.1. The maximum atomic E-state index is 13.4. The van der Waals surface area contributed by atoms with Gasteiger partial charge in [0.2, 0.25) is 0 Å². The third-order valence-electron chi connectivity index (χ3n) is 5.08. The second kappa shape index (κ2) is 6.20. The molecule has 4 aromatic rings. The average molecular weight is 371 g/mol. The summed E-state index contributed by atoms with van der Waals surface area (Å²) in [6.07, 6.45) is 3.02. The van der Waals surface area contributed by atoms with E-state index in [0.29, 0.717) is 30.0 Å². The Morgan fingerprint density at radius 3 is 2.75 bits per heavy atom. The van der Waals surface area contributed by atoms with Crippen molar-refractivity contribution < 1.29 is 4.39 Å². The zero-order valence-electron chi connectivity index (χ0n) is 14.9. The number of aromatic nitrogens is 5. The molecule has 0 radical (unpaired) electrons. The normalized spacial score (nSPS) is 13.5. The number of hydrogen-bond donors (Lipinski definition) is 1. The summed E-state index contributed by atoms with van der Waals surface area (Å²) in [5.74, 6) is 2.46. The molecule has 0 unspecified atom stereocenters. The highest BCUT2D eigenvalue weighted by Gasteiger charge is 2.30. The summed E-state index contributed by atoms with van der Waals surface area (Å²) >= 11 is 0. The van der Waals surface area contributed by atoms with E-state index >= 15 is 0 Å². The fourth-order valence-electron chi connectivity index (χ4n) is 3.73. The van der Waals surface area contributed by atoms with Gasteiger partial charge < -0.3 is 5.73 Å². The Kier molecular flexibility index (Phi) is 3.65. The summed E-state index contributed by atoms with van der Waals surface area (Å²) in [5.41, 5.74) is 10.5. The SMILES string of the molecule is N#CB1CCn2nc(-c3ccc(F)cc3)c(-c3ccc4nc(N)cn4n3)c2C1. The van der Waals surface area contributed by atoms with E-state index in [1.165, 1.54) is 12.1 Å². The number of rotatable bonds is 2. The zero-order chi connectivity index (χ0) is 19.3. The van der Waals surface area contributed by atoms with Gasteiger partial charge in [-0.2, -0.15) is 10.2 Å². The van der Waals surface area contributed by atoms with Crippen molar-refractivity contribution in [3.63, 3.8) is 0 Å². The van der Waals surface area contributed by atoms with Crippen LogP contribution in [0.1, 0.15) is 5.69 Å². The molecule has 9 heteroatoms. The lowest BCUT2D eigenvalue weighted by atomic mass is 9.44. The van der Waals surface area contributed by atoms with Crippen molar-refractivity contribution in [1.29, 1.82) is 5.26 Å². The molecule has 0 bridgehead atoms. The van der Waals surface area contributed by atoms with Gasteiger partial charge >= 0.3 is 0 Å². The lowest BCUT2D eigenvalue weighted by molar-refractivity contribution is 0.616. The van der Waals surface area contributed by atoms with Crippen LogP contribution in [0.4, 0.5) is 10.2 Å². The number of nitrogens with two attached hydrogens (primary N) is 1. The van der Waals surface area contributed by atoms with Crippen LogP contribution in [-0.4, -0.2) is 31.1 Å². The van der Waals surface area contributed by atoms with Crippen LogP contribution in [-0.2, 0) is 12.9 Å². The van der Waals surface area contributed by atoms with Crippen molar-refractivity contribution in [2.45, 2.75) is 19.2 Å². The first-order valence-electron chi connectivity index (χ1n) is 9.00. The number of nitriles is 1. The molecule has 136 valence electrons. The maximum Gasteiger partial charge on any atom is 0.275 e. The molecule has 1 aromatic carbocycles. The standard InChI is InChI=1S/C19H15BFN7/c21-13-3-1-12(2-4-13)19-18(15-9-20(11-22)7-8-27(15)26-19)14-5-6-17-24-16(23)10-28(17)25-14/h1-6,10H,7-9,23H2. The van der Waals surface area contributed by atoms with Gasteiger partial charge in [-0.15, -0.1) is 0 Å². The minimum absolute atomic E-state index is 0.0587. The Balaban J connectivity index is 1.74. The van der Waals surface area contributed by atoms with Crippen LogP contribution in [0.2, 0.25) is 6.32 Å². The van der Waals surface area contributed by atoms with Crippen molar-refractivity contribution in [3.8, 4) is 28.5 Å². The molecule has 0 fully saturated rings. The second-order valence-corrected chi connectivity index (χ2v) is 6.91. The Labute approximate surface area is 160 Å². The van der Waals surface area contributed by atoms with E-state index < -0.39 is 0 Å². The Morgan fingerprint density at radius 2 is 1.96 bits per heavy atom. The first-order valence-corrected chi connectivity index (χ1v) is 9.00. The number of nitrogen functional groups attached to an aromatic ring is 1. The topological polar surface area (TPSA) is 97.8 Å². The molecular formula is C19H15BFN7. The minimum atomic E-state index is -0.299. The lowest BCUT2D eigenvalue weighted by Gasteiger charge is -2.16. The van der Waals surface area contributed by atoms with Crippen LogP contribution in [0.15, 0.2) is 42.6 Å². The first-order chi connectivity index (χ1) is 13.6. The minimum Gasteiger partial charge on any atom is -0.382 e. The third kappa shape index (κ3) is 2.62. The summed E-state index contributed by atoms with van der Waals surface area (Å²) in [6, 6.07) is 9.99. The van der Waals surface area contributed by atoms with Gasteiger partial charge in [0.05, 0.1) is 17.5 Å². The zero-order valence-corrected chi connectivity index (χ0v) is 14.9. The number of anilines is 1. The van der Waals surface area contributed by atoms with E-state index in [-0.39, 0.29) is 12.5 Å². The molecule has 0 saturated carbocycles. The Bertz CT molecular complexity index is 1240. The number of benzene rings is 1. The van der Waals surface area contributed by atoms with E-state index in [1.807, 2.05) is 16.8 Å². The summed E-state index contributed by atoms with van der Waals surface area (Å²) in [4.78, 5) is 4.21. The molecule has 1 aliphatic rings. The molecule has 0 saturated heterocycles. The summed E-state index contributed by atoms with van der Waals surface area (Å²) in [5, 5.41) is 18.9. The lowest BCUT2D eigenvalue weighted by Crippen LogP contribution is -2.26. The molecule has 0 amide bonds. The van der Waals surface area contributed by atoms with Gasteiger partial charge in [-0.05, 0) is 49.0 Å². The van der Waals surface area contributed by atoms with Crippen LogP contribution in [0.25, 0.3) is 28.2 Å². The van der Waals surface area contributed by atoms with E-state index in [9.17, 15) is 9.65 Å². The van der Waals surface area contributed by atoms with E-state index in [2.05, 4.69) is 16.1 Å². The molecule has 3 aromatic heterocycles. The van der Waals surface area contributed by atoms with Crippen LogP contribution < -0.4 is 5.73 Å². The summed E-state index contributed by atoms with van der Waals surface area (Å²) in [6.45, 7) is 0.610. The second-order valence-electron chi connectivity index (χ2n) is 6.91. The van der Waals surface area contributed by atoms with Crippen molar-refractivity contribution in [3.05, 3.63) is 54.1 Å². The molecule has 7 nitrogen and oxygen atoms in total. The van der Waals surface area contributed by atoms with Gasteiger partial charge in [-0.1, -0.05) is 0 Å². The fraction of sp³-hybridized carbons (Fsp3) is 0.158. The Hall–Kier alpha value is -3.67. The monoisotopic (exact) mass is 371 g/mol. The predicted molar refractivity (Wildman–Crippen MR) is 104 cm³/mol. The third-order valence-corrected chi connectivity index (χ3v) is 5.08. The van der Waals surface area contributed by atoms with Gasteiger partial charge in [0.15, 0.2) is 5.65 Å². The molecule has 4 heterocycles. The van der Waals surface area contributed by atoms with Crippen LogP contribution in [0.3, 0.4) is 0 Å². The fourth-order valence-corrected chi connectivity index (χ4v) is 3.73. The molecule has 2 N–H and O–H groups in total. The number of aryl methyl sites for hydroxylation is 1. The average Bonchev–Trinajstić information content (AvgIpc) is 3.26. The van der Waals surface area contributed by atoms with E-state index in [4.69, 9.17) is 10.8 Å². The number of imidazole rings is 1. The summed E-state index contributed by atoms with van der Waals surface area (Å²) < 4.78 is 17.0. The highest BCUT2D eigenvalue weighted by Crippen LogP contribution is 2.36. The van der Waals surface area contributed by atoms with Gasteiger partial charge in [0, 0.05) is 23.8 Å².